The Morgan fingerprint density at radius 3 is 2.88 bits per heavy atom. The molecule has 0 saturated heterocycles. The highest BCUT2D eigenvalue weighted by molar-refractivity contribution is 9.10. The summed E-state index contributed by atoms with van der Waals surface area (Å²) in [5.74, 6) is -0.0811. The first-order valence-corrected chi connectivity index (χ1v) is 6.47. The molecule has 1 N–H and O–H groups in total. The maximum atomic E-state index is 13.9. The van der Waals surface area contributed by atoms with Crippen molar-refractivity contribution in [2.75, 3.05) is 7.05 Å². The van der Waals surface area contributed by atoms with Crippen LogP contribution < -0.4 is 5.32 Å². The van der Waals surface area contributed by atoms with Gasteiger partial charge < -0.3 is 5.32 Å². The van der Waals surface area contributed by atoms with Gasteiger partial charge in [0, 0.05) is 10.5 Å². The summed E-state index contributed by atoms with van der Waals surface area (Å²) in [6.07, 6.45) is 3.18. The van der Waals surface area contributed by atoms with E-state index in [0.717, 1.165) is 29.3 Å². The molecule has 0 heterocycles. The molecule has 1 fully saturated rings. The van der Waals surface area contributed by atoms with Gasteiger partial charge in [-0.05, 0) is 55.5 Å². The van der Waals surface area contributed by atoms with E-state index < -0.39 is 0 Å². The lowest BCUT2D eigenvalue weighted by molar-refractivity contribution is 0.440. The largest absolute Gasteiger partial charge is 0.317 e. The average molecular weight is 286 g/mol. The van der Waals surface area contributed by atoms with Crippen LogP contribution in [0.1, 0.15) is 31.7 Å². The maximum absolute atomic E-state index is 13.9. The van der Waals surface area contributed by atoms with Gasteiger partial charge in [-0.2, -0.15) is 0 Å². The Hall–Kier alpha value is -0.410. The van der Waals surface area contributed by atoms with Crippen LogP contribution in [0.5, 0.6) is 0 Å². The molecule has 2 unspecified atom stereocenters. The van der Waals surface area contributed by atoms with Crippen molar-refractivity contribution in [1.29, 1.82) is 0 Å². The smallest absolute Gasteiger partial charge is 0.127 e. The van der Waals surface area contributed by atoms with Crippen molar-refractivity contribution in [3.05, 3.63) is 34.1 Å². The van der Waals surface area contributed by atoms with Crippen LogP contribution in [-0.4, -0.2) is 13.1 Å². The van der Waals surface area contributed by atoms with Gasteiger partial charge in [-0.3, -0.25) is 0 Å². The van der Waals surface area contributed by atoms with Gasteiger partial charge in [0.25, 0.3) is 0 Å². The van der Waals surface area contributed by atoms with E-state index in [4.69, 9.17) is 0 Å². The lowest BCUT2D eigenvalue weighted by Crippen LogP contribution is -2.26. The highest BCUT2D eigenvalue weighted by Gasteiger charge is 2.37. The lowest BCUT2D eigenvalue weighted by atomic mass is 9.80. The highest BCUT2D eigenvalue weighted by Crippen LogP contribution is 2.42. The lowest BCUT2D eigenvalue weighted by Gasteiger charge is -2.25. The molecule has 0 aliphatic heterocycles. The van der Waals surface area contributed by atoms with Crippen LogP contribution in [0.3, 0.4) is 0 Å². The monoisotopic (exact) mass is 285 g/mol. The molecular formula is C13H17BrFN. The molecule has 1 aliphatic carbocycles. The van der Waals surface area contributed by atoms with Gasteiger partial charge in [0.15, 0.2) is 0 Å². The molecule has 0 aromatic heterocycles. The van der Waals surface area contributed by atoms with Crippen LogP contribution in [0.4, 0.5) is 4.39 Å². The Balaban J connectivity index is 2.33. The molecule has 0 bridgehead atoms. The van der Waals surface area contributed by atoms with E-state index in [-0.39, 0.29) is 11.2 Å². The van der Waals surface area contributed by atoms with Gasteiger partial charge >= 0.3 is 0 Å². The number of rotatable bonds is 2. The topological polar surface area (TPSA) is 12.0 Å². The van der Waals surface area contributed by atoms with Crippen LogP contribution >= 0.6 is 15.9 Å². The quantitative estimate of drug-likeness (QED) is 0.875. The molecule has 1 aliphatic rings. The summed E-state index contributed by atoms with van der Waals surface area (Å²) in [6, 6.07) is 5.75. The molecule has 1 aromatic rings. The number of hydrogen-bond donors (Lipinski definition) is 1. The van der Waals surface area contributed by atoms with E-state index in [1.165, 1.54) is 0 Å². The fraction of sp³-hybridized carbons (Fsp3) is 0.538. The molecule has 0 spiro atoms. The molecule has 0 radical (unpaired) electrons. The van der Waals surface area contributed by atoms with Crippen molar-refractivity contribution in [1.82, 2.24) is 5.32 Å². The zero-order chi connectivity index (χ0) is 11.8. The third-order valence-electron chi connectivity index (χ3n) is 3.73. The number of hydrogen-bond acceptors (Lipinski definition) is 1. The summed E-state index contributed by atoms with van der Waals surface area (Å²) >= 11 is 3.42. The fourth-order valence-electron chi connectivity index (χ4n) is 2.69. The minimum Gasteiger partial charge on any atom is -0.317 e. The van der Waals surface area contributed by atoms with Crippen molar-refractivity contribution in [3.63, 3.8) is 0 Å². The summed E-state index contributed by atoms with van der Waals surface area (Å²) in [5.41, 5.74) is 0.821. The van der Waals surface area contributed by atoms with Crippen LogP contribution in [0.25, 0.3) is 0 Å². The van der Waals surface area contributed by atoms with E-state index in [2.05, 4.69) is 28.2 Å². The fourth-order valence-corrected chi connectivity index (χ4v) is 3.05. The second-order valence-electron chi connectivity index (χ2n) is 4.91. The van der Waals surface area contributed by atoms with Crippen LogP contribution in [0, 0.1) is 5.82 Å². The Kier molecular flexibility index (Phi) is 3.36. The van der Waals surface area contributed by atoms with Crippen LogP contribution in [0.2, 0.25) is 0 Å². The van der Waals surface area contributed by atoms with E-state index in [1.807, 2.05) is 13.1 Å². The van der Waals surface area contributed by atoms with Crippen molar-refractivity contribution in [2.45, 2.75) is 37.6 Å². The van der Waals surface area contributed by atoms with Gasteiger partial charge in [0.05, 0.1) is 0 Å². The third-order valence-corrected chi connectivity index (χ3v) is 4.22. The van der Waals surface area contributed by atoms with Gasteiger partial charge in [0.1, 0.15) is 5.82 Å². The number of nitrogens with one attached hydrogen (secondary N) is 1. The van der Waals surface area contributed by atoms with Gasteiger partial charge in [-0.1, -0.05) is 22.9 Å². The Morgan fingerprint density at radius 2 is 2.25 bits per heavy atom. The molecule has 0 amide bonds. The van der Waals surface area contributed by atoms with E-state index in [9.17, 15) is 4.39 Å². The van der Waals surface area contributed by atoms with Crippen molar-refractivity contribution in [2.24, 2.45) is 0 Å². The average Bonchev–Trinajstić information content (AvgIpc) is 2.65. The minimum atomic E-state index is -0.0811. The first-order chi connectivity index (χ1) is 7.55. The molecule has 3 heteroatoms. The minimum absolute atomic E-state index is 0.0262. The van der Waals surface area contributed by atoms with E-state index in [1.54, 1.807) is 12.1 Å². The van der Waals surface area contributed by atoms with Crippen molar-refractivity contribution >= 4 is 15.9 Å². The van der Waals surface area contributed by atoms with Crippen molar-refractivity contribution in [3.8, 4) is 0 Å². The molecule has 1 aromatic carbocycles. The Bertz CT molecular complexity index is 394. The first-order valence-electron chi connectivity index (χ1n) is 5.68. The molecule has 2 atom stereocenters. The summed E-state index contributed by atoms with van der Waals surface area (Å²) in [5, 5.41) is 3.29. The normalized spacial score (nSPS) is 29.6. The Labute approximate surface area is 105 Å². The summed E-state index contributed by atoms with van der Waals surface area (Å²) in [7, 11) is 1.98. The second-order valence-corrected chi connectivity index (χ2v) is 5.83. The molecule has 88 valence electrons. The Morgan fingerprint density at radius 1 is 1.50 bits per heavy atom. The predicted molar refractivity (Wildman–Crippen MR) is 68.2 cm³/mol. The van der Waals surface area contributed by atoms with E-state index in [0.29, 0.717) is 6.04 Å². The zero-order valence-corrected chi connectivity index (χ0v) is 11.3. The maximum Gasteiger partial charge on any atom is 0.127 e. The number of halogens is 2. The van der Waals surface area contributed by atoms with Crippen LogP contribution in [-0.2, 0) is 5.41 Å². The second kappa shape index (κ2) is 4.46. The molecular weight excluding hydrogens is 269 g/mol. The molecule has 16 heavy (non-hydrogen) atoms. The summed E-state index contributed by atoms with van der Waals surface area (Å²) in [4.78, 5) is 0. The van der Waals surface area contributed by atoms with Gasteiger partial charge in [-0.25, -0.2) is 4.39 Å². The standard InChI is InChI=1S/C13H17BrFN/c1-13(6-5-10(8-13)16-2)11-7-9(14)3-4-12(11)15/h3-4,7,10,16H,5-6,8H2,1-2H3. The number of benzene rings is 1. The third kappa shape index (κ3) is 2.16. The molecule has 1 nitrogen and oxygen atoms in total. The van der Waals surface area contributed by atoms with Crippen molar-refractivity contribution < 1.29 is 4.39 Å². The molecule has 2 rings (SSSR count). The van der Waals surface area contributed by atoms with E-state index >= 15 is 0 Å². The first kappa shape index (κ1) is 12.1. The summed E-state index contributed by atoms with van der Waals surface area (Å²) in [6.45, 7) is 2.16. The summed E-state index contributed by atoms with van der Waals surface area (Å²) < 4.78 is 14.8. The van der Waals surface area contributed by atoms with Crippen LogP contribution in [0.15, 0.2) is 22.7 Å². The van der Waals surface area contributed by atoms with Gasteiger partial charge in [0.2, 0.25) is 0 Å². The molecule has 1 saturated carbocycles. The zero-order valence-electron chi connectivity index (χ0n) is 9.69. The highest BCUT2D eigenvalue weighted by atomic mass is 79.9. The predicted octanol–water partition coefficient (Wildman–Crippen LogP) is 3.62. The van der Waals surface area contributed by atoms with Gasteiger partial charge in [-0.15, -0.1) is 0 Å². The SMILES string of the molecule is CNC1CCC(C)(c2cc(Br)ccc2F)C1.